The highest BCUT2D eigenvalue weighted by Gasteiger charge is 2.34. The van der Waals surface area contributed by atoms with E-state index in [4.69, 9.17) is 16.3 Å². The van der Waals surface area contributed by atoms with Gasteiger partial charge in [0, 0.05) is 36.8 Å². The van der Waals surface area contributed by atoms with Crippen LogP contribution < -0.4 is 10.1 Å². The number of hydrogen-bond donors (Lipinski definition) is 1. The molecule has 0 saturated carbocycles. The second-order valence-electron chi connectivity index (χ2n) is 9.27. The molecule has 4 rings (SSSR count). The van der Waals surface area contributed by atoms with E-state index in [0.29, 0.717) is 0 Å². The summed E-state index contributed by atoms with van der Waals surface area (Å²) >= 11 is 6.49. The monoisotopic (exact) mass is 578 g/mol. The van der Waals surface area contributed by atoms with Gasteiger partial charge in [-0.3, -0.25) is 14.4 Å². The van der Waals surface area contributed by atoms with E-state index in [-0.39, 0.29) is 58.6 Å². The van der Waals surface area contributed by atoms with E-state index < -0.39 is 40.7 Å². The Bertz CT molecular complexity index is 1600. The van der Waals surface area contributed by atoms with Crippen LogP contribution in [0.25, 0.3) is 11.1 Å². The summed E-state index contributed by atoms with van der Waals surface area (Å²) < 4.78 is 36.7. The molecule has 1 saturated heterocycles. The molecular formula is C30H25ClF2N4O4. The van der Waals surface area contributed by atoms with E-state index in [1.165, 1.54) is 65.5 Å². The number of methoxy groups -OCH3 is 1. The summed E-state index contributed by atoms with van der Waals surface area (Å²) in [6.07, 6.45) is 1.18. The van der Waals surface area contributed by atoms with Crippen molar-refractivity contribution in [2.45, 2.75) is 13.0 Å². The van der Waals surface area contributed by atoms with Crippen molar-refractivity contribution in [1.29, 1.82) is 5.26 Å². The summed E-state index contributed by atoms with van der Waals surface area (Å²) in [5.74, 6) is -3.74. The minimum Gasteiger partial charge on any atom is -0.496 e. The molecule has 1 fully saturated rings. The molecule has 0 unspecified atom stereocenters. The van der Waals surface area contributed by atoms with Crippen molar-refractivity contribution in [2.24, 2.45) is 0 Å². The number of ether oxygens (including phenoxy) is 1. The number of hydrogen-bond acceptors (Lipinski definition) is 5. The van der Waals surface area contributed by atoms with E-state index in [1.807, 2.05) is 6.07 Å². The predicted molar refractivity (Wildman–Crippen MR) is 150 cm³/mol. The number of anilines is 1. The van der Waals surface area contributed by atoms with Crippen molar-refractivity contribution < 1.29 is 27.9 Å². The van der Waals surface area contributed by atoms with Gasteiger partial charge in [0.05, 0.1) is 40.6 Å². The Labute approximate surface area is 240 Å². The number of nitriles is 1. The molecule has 3 amide bonds. The highest BCUT2D eigenvalue weighted by molar-refractivity contribution is 6.34. The average Bonchev–Trinajstić information content (AvgIpc) is 2.98. The Morgan fingerprint density at radius 2 is 1.88 bits per heavy atom. The smallest absolute Gasteiger partial charge is 0.256 e. The van der Waals surface area contributed by atoms with Gasteiger partial charge in [-0.2, -0.15) is 5.26 Å². The molecule has 210 valence electrons. The van der Waals surface area contributed by atoms with Crippen LogP contribution in [0.3, 0.4) is 0 Å². The molecule has 41 heavy (non-hydrogen) atoms. The summed E-state index contributed by atoms with van der Waals surface area (Å²) in [4.78, 5) is 42.1. The lowest BCUT2D eigenvalue weighted by molar-refractivity contribution is -0.128. The number of halogens is 3. The normalized spacial score (nSPS) is 14.7. The van der Waals surface area contributed by atoms with E-state index in [0.717, 1.165) is 6.07 Å². The van der Waals surface area contributed by atoms with Crippen LogP contribution >= 0.6 is 11.6 Å². The van der Waals surface area contributed by atoms with Crippen molar-refractivity contribution in [2.75, 3.05) is 32.1 Å². The molecule has 8 nitrogen and oxygen atoms in total. The summed E-state index contributed by atoms with van der Waals surface area (Å²) in [7, 11) is 1.28. The Hall–Kier alpha value is -4.75. The summed E-state index contributed by atoms with van der Waals surface area (Å²) in [5, 5.41) is 11.4. The Morgan fingerprint density at radius 1 is 1.15 bits per heavy atom. The largest absolute Gasteiger partial charge is 0.496 e. The van der Waals surface area contributed by atoms with Crippen molar-refractivity contribution in [3.05, 3.63) is 94.5 Å². The molecule has 0 spiro atoms. The van der Waals surface area contributed by atoms with Crippen molar-refractivity contribution in [3.63, 3.8) is 0 Å². The molecule has 1 atom stereocenters. The maximum Gasteiger partial charge on any atom is 0.256 e. The van der Waals surface area contributed by atoms with Gasteiger partial charge < -0.3 is 19.9 Å². The summed E-state index contributed by atoms with van der Waals surface area (Å²) in [5.41, 5.74) is -1.26. The van der Waals surface area contributed by atoms with E-state index in [2.05, 4.69) is 11.9 Å². The number of nitrogens with one attached hydrogen (secondary N) is 1. The summed E-state index contributed by atoms with van der Waals surface area (Å²) in [6, 6.07) is 12.2. The molecule has 11 heteroatoms. The van der Waals surface area contributed by atoms with Gasteiger partial charge in [0.2, 0.25) is 5.91 Å². The van der Waals surface area contributed by atoms with Crippen LogP contribution in [0.15, 0.2) is 61.2 Å². The van der Waals surface area contributed by atoms with Gasteiger partial charge >= 0.3 is 0 Å². The van der Waals surface area contributed by atoms with Crippen molar-refractivity contribution >= 4 is 35.0 Å². The van der Waals surface area contributed by atoms with Gasteiger partial charge in [-0.15, -0.1) is 0 Å². The first-order chi connectivity index (χ1) is 19.6. The van der Waals surface area contributed by atoms with E-state index in [9.17, 15) is 19.6 Å². The van der Waals surface area contributed by atoms with Crippen LogP contribution in [0.4, 0.5) is 14.5 Å². The third kappa shape index (κ3) is 5.76. The first-order valence-electron chi connectivity index (χ1n) is 12.5. The molecule has 1 N–H and O–H groups in total. The van der Waals surface area contributed by atoms with Crippen molar-refractivity contribution in [3.8, 4) is 22.9 Å². The van der Waals surface area contributed by atoms with Crippen LogP contribution in [-0.4, -0.2) is 60.3 Å². The SMILES string of the molecule is C=CC(=O)N1CCN(C(=O)c2cc(Cl)c(-c3c(F)cccc3OC)c(F)c2NC(=O)c2cccc(C#N)c2)[C@@H](C)C1. The topological polar surface area (TPSA) is 103 Å². The molecule has 0 aromatic heterocycles. The quantitative estimate of drug-likeness (QED) is 0.401. The standard InChI is InChI=1S/C30H25ClF2N4O4/c1-4-24(38)36-11-12-37(17(2)16-36)30(40)20-14-21(31)25(26-22(32)9-6-10-23(26)41-3)27(33)28(20)35-29(39)19-8-5-7-18(13-19)15-34/h4-10,13-14,17H,1,11-12,16H2,2-3H3,(H,35,39)/t17-/m0/s1. The predicted octanol–water partition coefficient (Wildman–Crippen LogP) is 5.28. The zero-order valence-corrected chi connectivity index (χ0v) is 23.0. The molecule has 1 heterocycles. The second-order valence-corrected chi connectivity index (χ2v) is 9.68. The maximum atomic E-state index is 16.4. The lowest BCUT2D eigenvalue weighted by Gasteiger charge is -2.39. The number of nitrogens with zero attached hydrogens (tertiary/aromatic N) is 3. The number of benzene rings is 3. The number of rotatable bonds is 6. The van der Waals surface area contributed by atoms with Gasteiger partial charge in [-0.1, -0.05) is 30.3 Å². The molecule has 1 aliphatic rings. The number of carbonyl (C=O) groups excluding carboxylic acids is 3. The van der Waals surface area contributed by atoms with Crippen LogP contribution in [0, 0.1) is 23.0 Å². The Morgan fingerprint density at radius 3 is 2.54 bits per heavy atom. The van der Waals surface area contributed by atoms with Crippen LogP contribution in [0.5, 0.6) is 5.75 Å². The van der Waals surface area contributed by atoms with Crippen LogP contribution in [0.2, 0.25) is 5.02 Å². The highest BCUT2D eigenvalue weighted by atomic mass is 35.5. The number of piperazine rings is 1. The molecule has 3 aromatic rings. The lowest BCUT2D eigenvalue weighted by atomic mass is 9.98. The van der Waals surface area contributed by atoms with Gasteiger partial charge in [-0.05, 0) is 49.4 Å². The third-order valence-electron chi connectivity index (χ3n) is 6.76. The molecular weight excluding hydrogens is 554 g/mol. The maximum absolute atomic E-state index is 16.4. The lowest BCUT2D eigenvalue weighted by Crippen LogP contribution is -2.55. The number of carbonyl (C=O) groups is 3. The second kappa shape index (κ2) is 12.2. The van der Waals surface area contributed by atoms with Gasteiger partial charge in [0.1, 0.15) is 11.6 Å². The summed E-state index contributed by atoms with van der Waals surface area (Å²) in [6.45, 7) is 5.76. The zero-order chi connectivity index (χ0) is 29.8. The minimum atomic E-state index is -1.15. The fourth-order valence-electron chi connectivity index (χ4n) is 4.72. The molecule has 0 radical (unpaired) electrons. The average molecular weight is 579 g/mol. The van der Waals surface area contributed by atoms with Crippen LogP contribution in [-0.2, 0) is 4.79 Å². The minimum absolute atomic E-state index is 0.0134. The fourth-order valence-corrected chi connectivity index (χ4v) is 5.00. The first kappa shape index (κ1) is 29.2. The first-order valence-corrected chi connectivity index (χ1v) is 12.9. The molecule has 0 bridgehead atoms. The van der Waals surface area contributed by atoms with Gasteiger partial charge in [0.25, 0.3) is 11.8 Å². The fraction of sp³-hybridized carbons (Fsp3) is 0.200. The highest BCUT2D eigenvalue weighted by Crippen LogP contribution is 2.43. The zero-order valence-electron chi connectivity index (χ0n) is 22.2. The molecule has 0 aliphatic carbocycles. The molecule has 1 aliphatic heterocycles. The third-order valence-corrected chi connectivity index (χ3v) is 7.06. The van der Waals surface area contributed by atoms with E-state index in [1.54, 1.807) is 6.92 Å². The Balaban J connectivity index is 1.85. The van der Waals surface area contributed by atoms with Crippen LogP contribution in [0.1, 0.15) is 33.2 Å². The molecule has 3 aromatic carbocycles. The van der Waals surface area contributed by atoms with Gasteiger partial charge in [-0.25, -0.2) is 8.78 Å². The van der Waals surface area contributed by atoms with Gasteiger partial charge in [0.15, 0.2) is 5.82 Å². The Kier molecular flexibility index (Phi) is 8.69. The van der Waals surface area contributed by atoms with E-state index >= 15 is 8.78 Å². The van der Waals surface area contributed by atoms with Crippen molar-refractivity contribution in [1.82, 2.24) is 9.80 Å². The number of amides is 3.